The average molecular weight is 587 g/mol. The van der Waals surface area contributed by atoms with Gasteiger partial charge in [-0.05, 0) is 130 Å². The van der Waals surface area contributed by atoms with Crippen LogP contribution in [0.15, 0.2) is 108 Å². The van der Waals surface area contributed by atoms with Gasteiger partial charge < -0.3 is 9.80 Å². The van der Waals surface area contributed by atoms with Gasteiger partial charge in [0.05, 0.1) is 0 Å². The van der Waals surface area contributed by atoms with E-state index in [1.165, 1.54) is 80.9 Å². The molecule has 0 radical (unpaired) electrons. The molecular weight excluding hydrogens is 543 g/mol. The fourth-order valence-corrected chi connectivity index (χ4v) is 9.84. The molecule has 2 nitrogen and oxygen atoms in total. The predicted molar refractivity (Wildman–Crippen MR) is 192 cm³/mol. The van der Waals surface area contributed by atoms with Gasteiger partial charge in [-0.3, -0.25) is 0 Å². The maximum absolute atomic E-state index is 2.75. The normalized spacial score (nSPS) is 24.7. The van der Waals surface area contributed by atoms with Gasteiger partial charge in [0, 0.05) is 34.1 Å². The first-order valence-corrected chi connectivity index (χ1v) is 17.0. The SMILES string of the molecule is Cc1cc2c3c(c1)N(c1ccccc1)c1cc4c(cc1B3C1=CC3C(C)(C)CCC3(C)C=C1N2c1ccccc1)C(C)(C)CC4. The van der Waals surface area contributed by atoms with E-state index in [2.05, 4.69) is 148 Å². The number of hydrogen-bond acceptors (Lipinski definition) is 2. The van der Waals surface area contributed by atoms with E-state index in [4.69, 9.17) is 0 Å². The van der Waals surface area contributed by atoms with E-state index < -0.39 is 0 Å². The average Bonchev–Trinajstić information content (AvgIpc) is 3.45. The summed E-state index contributed by atoms with van der Waals surface area (Å²) in [6.07, 6.45) is 10.3. The molecule has 0 aromatic heterocycles. The Kier molecular flexibility index (Phi) is 5.51. The standard InChI is InChI=1S/C42H43BN2/c1-27-21-35-39-36(22-27)45(30-15-11-8-12-16-30)37-26-42(6)20-19-41(4,5)38(42)25-33(37)43(39)32-24-31-28(17-18-40(31,2)3)23-34(32)44(35)29-13-9-7-10-14-29/h7-16,21-26,38H,17-20H2,1-6H3. The van der Waals surface area contributed by atoms with Crippen LogP contribution in [-0.4, -0.2) is 6.71 Å². The van der Waals surface area contributed by atoms with Crippen LogP contribution in [0, 0.1) is 23.7 Å². The summed E-state index contributed by atoms with van der Waals surface area (Å²) >= 11 is 0. The number of anilines is 5. The Labute approximate surface area is 269 Å². The van der Waals surface area contributed by atoms with Crippen LogP contribution in [0.5, 0.6) is 0 Å². The van der Waals surface area contributed by atoms with Crippen molar-refractivity contribution in [3.63, 3.8) is 0 Å². The summed E-state index contributed by atoms with van der Waals surface area (Å²) in [5.41, 5.74) is 17.3. The van der Waals surface area contributed by atoms with Crippen molar-refractivity contribution in [1.29, 1.82) is 0 Å². The smallest absolute Gasteiger partial charge is 0.251 e. The molecule has 2 unspecified atom stereocenters. The molecule has 2 heterocycles. The number of hydrogen-bond donors (Lipinski definition) is 0. The summed E-state index contributed by atoms with van der Waals surface area (Å²) in [7, 11) is 0. The first-order chi connectivity index (χ1) is 21.6. The van der Waals surface area contributed by atoms with Crippen LogP contribution in [0.3, 0.4) is 0 Å². The van der Waals surface area contributed by atoms with Crippen molar-refractivity contribution in [2.24, 2.45) is 16.7 Å². The van der Waals surface area contributed by atoms with Crippen LogP contribution in [0.1, 0.15) is 70.6 Å². The Hall–Kier alpha value is -3.98. The van der Waals surface area contributed by atoms with E-state index in [0.717, 1.165) is 6.42 Å². The van der Waals surface area contributed by atoms with Crippen molar-refractivity contribution in [3.05, 3.63) is 125 Å². The third-order valence-electron chi connectivity index (χ3n) is 12.2. The second-order valence-corrected chi connectivity index (χ2v) is 16.1. The molecule has 0 spiro atoms. The van der Waals surface area contributed by atoms with E-state index in [1.807, 2.05) is 0 Å². The highest BCUT2D eigenvalue weighted by molar-refractivity contribution is 6.96. The molecule has 5 aliphatic rings. The number of nitrogens with zero attached hydrogens (tertiary/aromatic N) is 2. The molecule has 0 N–H and O–H groups in total. The molecule has 3 aliphatic carbocycles. The Bertz CT molecular complexity index is 1950. The molecule has 45 heavy (non-hydrogen) atoms. The minimum Gasteiger partial charge on any atom is -0.312 e. The number of benzene rings is 4. The molecule has 1 fully saturated rings. The van der Waals surface area contributed by atoms with Gasteiger partial charge >= 0.3 is 0 Å². The highest BCUT2D eigenvalue weighted by Gasteiger charge is 2.54. The highest BCUT2D eigenvalue weighted by Crippen LogP contribution is 2.60. The molecule has 0 amide bonds. The first kappa shape index (κ1) is 27.3. The molecule has 0 saturated heterocycles. The Morgan fingerprint density at radius 2 is 1.36 bits per heavy atom. The molecule has 9 rings (SSSR count). The minimum atomic E-state index is 0.146. The summed E-state index contributed by atoms with van der Waals surface area (Å²) in [6, 6.07) is 32.3. The lowest BCUT2D eigenvalue weighted by Crippen LogP contribution is -2.58. The van der Waals surface area contributed by atoms with E-state index in [0.29, 0.717) is 5.92 Å². The van der Waals surface area contributed by atoms with Gasteiger partial charge in [-0.2, -0.15) is 0 Å². The zero-order valence-corrected chi connectivity index (χ0v) is 27.6. The second-order valence-electron chi connectivity index (χ2n) is 16.1. The van der Waals surface area contributed by atoms with Gasteiger partial charge in [-0.15, -0.1) is 0 Å². The van der Waals surface area contributed by atoms with Crippen molar-refractivity contribution < 1.29 is 0 Å². The quantitative estimate of drug-likeness (QED) is 0.216. The number of para-hydroxylation sites is 2. The van der Waals surface area contributed by atoms with Gasteiger partial charge in [0.15, 0.2) is 0 Å². The van der Waals surface area contributed by atoms with Gasteiger partial charge in [-0.1, -0.05) is 89.2 Å². The van der Waals surface area contributed by atoms with Crippen molar-refractivity contribution in [3.8, 4) is 0 Å². The molecule has 4 aromatic rings. The van der Waals surface area contributed by atoms with Gasteiger partial charge in [0.1, 0.15) is 0 Å². The topological polar surface area (TPSA) is 6.48 Å². The number of aryl methyl sites for hydroxylation is 2. The third kappa shape index (κ3) is 3.76. The first-order valence-electron chi connectivity index (χ1n) is 17.0. The zero-order valence-electron chi connectivity index (χ0n) is 27.6. The second kappa shape index (κ2) is 9.06. The van der Waals surface area contributed by atoms with Crippen molar-refractivity contribution in [2.75, 3.05) is 9.80 Å². The highest BCUT2D eigenvalue weighted by atomic mass is 15.2. The van der Waals surface area contributed by atoms with E-state index in [-0.39, 0.29) is 23.0 Å². The summed E-state index contributed by atoms with van der Waals surface area (Å²) < 4.78 is 0. The molecular formula is C42H43BN2. The Morgan fingerprint density at radius 3 is 2.04 bits per heavy atom. The van der Waals surface area contributed by atoms with Gasteiger partial charge in [0.25, 0.3) is 6.71 Å². The lowest BCUT2D eigenvalue weighted by atomic mass is 9.31. The number of fused-ring (bicyclic) bond motifs is 6. The van der Waals surface area contributed by atoms with Gasteiger partial charge in [0.2, 0.25) is 0 Å². The summed E-state index contributed by atoms with van der Waals surface area (Å²) in [4.78, 5) is 5.18. The monoisotopic (exact) mass is 586 g/mol. The molecule has 3 heteroatoms. The molecule has 1 saturated carbocycles. The summed E-state index contributed by atoms with van der Waals surface area (Å²) in [5, 5.41) is 0. The van der Waals surface area contributed by atoms with Crippen molar-refractivity contribution in [1.82, 2.24) is 0 Å². The Balaban J connectivity index is 1.41. The lowest BCUT2D eigenvalue weighted by molar-refractivity contribution is 0.231. The fourth-order valence-electron chi connectivity index (χ4n) is 9.84. The van der Waals surface area contributed by atoms with Crippen LogP contribution in [-0.2, 0) is 11.8 Å². The van der Waals surface area contributed by atoms with Crippen LogP contribution < -0.4 is 20.7 Å². The lowest BCUT2D eigenvalue weighted by Gasteiger charge is -2.49. The molecule has 2 atom stereocenters. The fraction of sp³-hybridized carbons (Fsp3) is 0.333. The minimum absolute atomic E-state index is 0.146. The summed E-state index contributed by atoms with van der Waals surface area (Å²) in [6.45, 7) is 14.9. The maximum atomic E-state index is 2.75. The van der Waals surface area contributed by atoms with Gasteiger partial charge in [-0.25, -0.2) is 0 Å². The zero-order chi connectivity index (χ0) is 30.9. The number of allylic oxidation sites excluding steroid dienone is 3. The van der Waals surface area contributed by atoms with Crippen molar-refractivity contribution in [2.45, 2.75) is 72.6 Å². The molecule has 2 aliphatic heterocycles. The van der Waals surface area contributed by atoms with Crippen molar-refractivity contribution >= 4 is 46.1 Å². The summed E-state index contributed by atoms with van der Waals surface area (Å²) in [5.74, 6) is 0.512. The molecule has 224 valence electrons. The van der Waals surface area contributed by atoms with E-state index in [9.17, 15) is 0 Å². The molecule has 4 aromatic carbocycles. The Morgan fingerprint density at radius 1 is 0.711 bits per heavy atom. The van der Waals surface area contributed by atoms with E-state index >= 15 is 0 Å². The van der Waals surface area contributed by atoms with E-state index in [1.54, 1.807) is 5.56 Å². The van der Waals surface area contributed by atoms with Crippen LogP contribution >= 0.6 is 0 Å². The largest absolute Gasteiger partial charge is 0.312 e. The maximum Gasteiger partial charge on any atom is 0.251 e. The van der Waals surface area contributed by atoms with Crippen LogP contribution in [0.4, 0.5) is 28.4 Å². The predicted octanol–water partition coefficient (Wildman–Crippen LogP) is 9.57. The number of rotatable bonds is 2. The third-order valence-corrected chi connectivity index (χ3v) is 12.2. The van der Waals surface area contributed by atoms with Crippen LogP contribution in [0.2, 0.25) is 0 Å². The molecule has 0 bridgehead atoms. The van der Waals surface area contributed by atoms with Crippen LogP contribution in [0.25, 0.3) is 0 Å².